The Labute approximate surface area is 76.8 Å². The topological polar surface area (TPSA) is 61.5 Å². The number of rotatable bonds is 6. The molecule has 0 aliphatic rings. The maximum Gasteiger partial charge on any atom is 0.322 e. The Bertz CT molecular complexity index is 132. The molecule has 0 aliphatic carbocycles. The molecule has 0 saturated carbocycles. The number of carbonyl (C=O) groups excluding carboxylic acids is 1. The van der Waals surface area contributed by atoms with Crippen LogP contribution in [0, 0.1) is 0 Å². The van der Waals surface area contributed by atoms with Crippen LogP contribution < -0.4 is 5.73 Å². The first-order valence-corrected chi connectivity index (χ1v) is 4.78. The third-order valence-corrected chi connectivity index (χ3v) is 2.21. The van der Waals surface area contributed by atoms with E-state index >= 15 is 0 Å². The van der Waals surface area contributed by atoms with Crippen molar-refractivity contribution in [1.82, 2.24) is 0 Å². The lowest BCUT2D eigenvalue weighted by molar-refractivity contribution is -0.142. The zero-order valence-corrected chi connectivity index (χ0v) is 8.23. The summed E-state index contributed by atoms with van der Waals surface area (Å²) >= 11 is 1.60. The van der Waals surface area contributed by atoms with Gasteiger partial charge in [0, 0.05) is 7.11 Å². The Morgan fingerprint density at radius 1 is 1.58 bits per heavy atom. The number of methoxy groups -OCH3 is 2. The molecule has 0 aliphatic heterocycles. The molecule has 0 heterocycles. The van der Waals surface area contributed by atoms with Crippen LogP contribution in [0.1, 0.15) is 6.42 Å². The van der Waals surface area contributed by atoms with Crippen LogP contribution in [-0.2, 0) is 14.3 Å². The smallest absolute Gasteiger partial charge is 0.322 e. The number of hydrogen-bond acceptors (Lipinski definition) is 5. The van der Waals surface area contributed by atoms with Crippen LogP contribution in [0.25, 0.3) is 0 Å². The summed E-state index contributed by atoms with van der Waals surface area (Å²) < 4.78 is 9.28. The molecular weight excluding hydrogens is 178 g/mol. The van der Waals surface area contributed by atoms with E-state index in [0.717, 1.165) is 5.75 Å². The zero-order chi connectivity index (χ0) is 9.40. The number of ether oxygens (including phenoxy) is 2. The third kappa shape index (κ3) is 5.40. The Morgan fingerprint density at radius 3 is 2.75 bits per heavy atom. The minimum absolute atomic E-state index is 0.354. The lowest BCUT2D eigenvalue weighted by Crippen LogP contribution is -2.32. The molecule has 12 heavy (non-hydrogen) atoms. The van der Waals surface area contributed by atoms with E-state index in [1.54, 1.807) is 18.9 Å². The van der Waals surface area contributed by atoms with Crippen LogP contribution in [0.5, 0.6) is 0 Å². The summed E-state index contributed by atoms with van der Waals surface area (Å²) in [7, 11) is 2.97. The Kier molecular flexibility index (Phi) is 7.23. The van der Waals surface area contributed by atoms with Gasteiger partial charge in [-0.25, -0.2) is 0 Å². The van der Waals surface area contributed by atoms with Gasteiger partial charge in [0.1, 0.15) is 6.04 Å². The summed E-state index contributed by atoms with van der Waals surface area (Å²) in [4.78, 5) is 10.8. The lowest BCUT2D eigenvalue weighted by atomic mass is 10.2. The summed E-state index contributed by atoms with van der Waals surface area (Å²) in [5.74, 6) is 1.09. The van der Waals surface area contributed by atoms with Crippen molar-refractivity contribution in [1.29, 1.82) is 0 Å². The van der Waals surface area contributed by atoms with Gasteiger partial charge in [0.2, 0.25) is 0 Å². The van der Waals surface area contributed by atoms with E-state index in [0.29, 0.717) is 12.4 Å². The molecule has 0 saturated heterocycles. The highest BCUT2D eigenvalue weighted by molar-refractivity contribution is 7.99. The number of esters is 1. The minimum atomic E-state index is -0.501. The van der Waals surface area contributed by atoms with Crippen molar-refractivity contribution in [2.24, 2.45) is 5.73 Å². The molecule has 4 nitrogen and oxygen atoms in total. The van der Waals surface area contributed by atoms with Gasteiger partial charge in [-0.05, 0) is 12.2 Å². The molecule has 0 radical (unpaired) electrons. The van der Waals surface area contributed by atoms with Crippen LogP contribution in [0.15, 0.2) is 0 Å². The average Bonchev–Trinajstić information content (AvgIpc) is 2.10. The number of carbonyl (C=O) groups is 1. The minimum Gasteiger partial charge on any atom is -0.468 e. The van der Waals surface area contributed by atoms with Crippen molar-refractivity contribution < 1.29 is 14.3 Å². The van der Waals surface area contributed by atoms with Crippen LogP contribution in [-0.4, -0.2) is 37.9 Å². The van der Waals surface area contributed by atoms with E-state index in [2.05, 4.69) is 4.74 Å². The van der Waals surface area contributed by atoms with Gasteiger partial charge >= 0.3 is 5.97 Å². The standard InChI is InChI=1S/C7H15NO3S/c1-10-5-12-4-3-6(8)7(9)11-2/h6H,3-5,8H2,1-2H3. The molecule has 1 unspecified atom stereocenters. The van der Waals surface area contributed by atoms with Crippen molar-refractivity contribution in [3.05, 3.63) is 0 Å². The summed E-state index contributed by atoms with van der Waals surface area (Å²) in [5, 5.41) is 0. The van der Waals surface area contributed by atoms with E-state index in [1.807, 2.05) is 0 Å². The fraction of sp³-hybridized carbons (Fsp3) is 0.857. The first-order valence-electron chi connectivity index (χ1n) is 3.62. The molecule has 0 bridgehead atoms. The second-order valence-electron chi connectivity index (χ2n) is 2.23. The van der Waals surface area contributed by atoms with Crippen molar-refractivity contribution in [3.8, 4) is 0 Å². The molecule has 0 fully saturated rings. The second-order valence-corrected chi connectivity index (χ2v) is 3.29. The monoisotopic (exact) mass is 193 g/mol. The van der Waals surface area contributed by atoms with Crippen LogP contribution in [0.2, 0.25) is 0 Å². The van der Waals surface area contributed by atoms with Crippen LogP contribution in [0.3, 0.4) is 0 Å². The number of hydrogen-bond donors (Lipinski definition) is 1. The quantitative estimate of drug-likeness (QED) is 0.371. The van der Waals surface area contributed by atoms with E-state index in [-0.39, 0.29) is 5.97 Å². The predicted octanol–water partition coefficient (Wildman–Crippen LogP) is 0.214. The van der Waals surface area contributed by atoms with E-state index < -0.39 is 6.04 Å². The van der Waals surface area contributed by atoms with Gasteiger partial charge in [-0.15, -0.1) is 11.8 Å². The molecule has 0 aromatic rings. The molecule has 0 aromatic carbocycles. The van der Waals surface area contributed by atoms with Gasteiger partial charge in [0.15, 0.2) is 0 Å². The van der Waals surface area contributed by atoms with E-state index in [1.165, 1.54) is 7.11 Å². The maximum atomic E-state index is 10.8. The molecule has 0 amide bonds. The second kappa shape index (κ2) is 7.39. The first kappa shape index (κ1) is 11.7. The van der Waals surface area contributed by atoms with Crippen molar-refractivity contribution >= 4 is 17.7 Å². The molecule has 2 N–H and O–H groups in total. The summed E-state index contributed by atoms with van der Waals surface area (Å²) in [6, 6.07) is -0.501. The van der Waals surface area contributed by atoms with Gasteiger partial charge in [-0.2, -0.15) is 0 Å². The van der Waals surface area contributed by atoms with Gasteiger partial charge in [-0.1, -0.05) is 0 Å². The number of thioether (sulfide) groups is 1. The van der Waals surface area contributed by atoms with Crippen molar-refractivity contribution in [2.45, 2.75) is 12.5 Å². The maximum absolute atomic E-state index is 10.8. The van der Waals surface area contributed by atoms with Crippen LogP contribution in [0.4, 0.5) is 0 Å². The van der Waals surface area contributed by atoms with Gasteiger partial charge in [0.05, 0.1) is 13.0 Å². The Hall–Kier alpha value is -0.260. The SMILES string of the molecule is COCSCCC(N)C(=O)OC. The highest BCUT2D eigenvalue weighted by Gasteiger charge is 2.12. The summed E-state index contributed by atoms with van der Waals surface area (Å²) in [5.41, 5.74) is 5.48. The number of nitrogens with two attached hydrogens (primary N) is 1. The van der Waals surface area contributed by atoms with Crippen molar-refractivity contribution in [2.75, 3.05) is 25.9 Å². The molecule has 0 spiro atoms. The molecular formula is C7H15NO3S. The summed E-state index contributed by atoms with van der Waals surface area (Å²) in [6.45, 7) is 0. The molecule has 5 heteroatoms. The van der Waals surface area contributed by atoms with E-state index in [9.17, 15) is 4.79 Å². The highest BCUT2D eigenvalue weighted by Crippen LogP contribution is 2.04. The van der Waals surface area contributed by atoms with Crippen LogP contribution >= 0.6 is 11.8 Å². The highest BCUT2D eigenvalue weighted by atomic mass is 32.2. The lowest BCUT2D eigenvalue weighted by Gasteiger charge is -2.07. The predicted molar refractivity (Wildman–Crippen MR) is 48.9 cm³/mol. The zero-order valence-electron chi connectivity index (χ0n) is 7.41. The molecule has 0 rings (SSSR count). The third-order valence-electron chi connectivity index (χ3n) is 1.28. The fourth-order valence-corrected chi connectivity index (χ4v) is 1.33. The largest absolute Gasteiger partial charge is 0.468 e. The summed E-state index contributed by atoms with van der Waals surface area (Å²) in [6.07, 6.45) is 0.626. The normalized spacial score (nSPS) is 12.6. The molecule has 72 valence electrons. The van der Waals surface area contributed by atoms with Gasteiger partial charge in [-0.3, -0.25) is 4.79 Å². The average molecular weight is 193 g/mol. The fourth-order valence-electron chi connectivity index (χ4n) is 0.622. The van der Waals surface area contributed by atoms with Crippen molar-refractivity contribution in [3.63, 3.8) is 0 Å². The Morgan fingerprint density at radius 2 is 2.25 bits per heavy atom. The van der Waals surface area contributed by atoms with Gasteiger partial charge < -0.3 is 15.2 Å². The Balaban J connectivity index is 3.31. The van der Waals surface area contributed by atoms with Gasteiger partial charge in [0.25, 0.3) is 0 Å². The van der Waals surface area contributed by atoms with E-state index in [4.69, 9.17) is 10.5 Å². The first-order chi connectivity index (χ1) is 5.72. The molecule has 0 aromatic heterocycles. The molecule has 1 atom stereocenters.